The van der Waals surface area contributed by atoms with Crippen molar-refractivity contribution in [3.05, 3.63) is 58.5 Å². The molecule has 1 saturated heterocycles. The summed E-state index contributed by atoms with van der Waals surface area (Å²) < 4.78 is 5.46. The SMILES string of the molecule is C[C@H](c1ccccc1Cl)N1CCN(C(=O)c2ccc(CN)o2)CC1. The fraction of sp³-hybridized carbons (Fsp3) is 0.389. The smallest absolute Gasteiger partial charge is 0.289 e. The summed E-state index contributed by atoms with van der Waals surface area (Å²) in [6, 6.07) is 11.6. The molecule has 0 radical (unpaired) electrons. The van der Waals surface area contributed by atoms with Crippen molar-refractivity contribution >= 4 is 17.5 Å². The molecule has 0 unspecified atom stereocenters. The Bertz CT molecular complexity index is 708. The maximum absolute atomic E-state index is 12.5. The summed E-state index contributed by atoms with van der Waals surface area (Å²) >= 11 is 6.30. The Morgan fingerprint density at radius 1 is 1.21 bits per heavy atom. The quantitative estimate of drug-likeness (QED) is 0.923. The summed E-state index contributed by atoms with van der Waals surface area (Å²) in [6.45, 7) is 5.42. The predicted molar refractivity (Wildman–Crippen MR) is 93.9 cm³/mol. The molecule has 0 aliphatic carbocycles. The van der Waals surface area contributed by atoms with Crippen LogP contribution in [0.1, 0.15) is 34.8 Å². The predicted octanol–water partition coefficient (Wildman–Crippen LogP) is 2.91. The molecule has 2 aromatic rings. The van der Waals surface area contributed by atoms with Crippen LogP contribution >= 0.6 is 11.6 Å². The van der Waals surface area contributed by atoms with E-state index in [4.69, 9.17) is 21.8 Å². The van der Waals surface area contributed by atoms with Crippen LogP contribution in [0, 0.1) is 0 Å². The van der Waals surface area contributed by atoms with E-state index in [-0.39, 0.29) is 11.9 Å². The highest BCUT2D eigenvalue weighted by atomic mass is 35.5. The van der Waals surface area contributed by atoms with Gasteiger partial charge in [-0.2, -0.15) is 0 Å². The van der Waals surface area contributed by atoms with E-state index in [1.165, 1.54) is 0 Å². The van der Waals surface area contributed by atoms with E-state index in [0.717, 1.165) is 23.7 Å². The minimum absolute atomic E-state index is 0.0697. The minimum Gasteiger partial charge on any atom is -0.455 e. The van der Waals surface area contributed by atoms with Crippen LogP contribution in [0.4, 0.5) is 0 Å². The average molecular weight is 348 g/mol. The molecule has 2 N–H and O–H groups in total. The van der Waals surface area contributed by atoms with Crippen LogP contribution in [0.15, 0.2) is 40.8 Å². The number of amides is 1. The van der Waals surface area contributed by atoms with Gasteiger partial charge < -0.3 is 15.1 Å². The van der Waals surface area contributed by atoms with Crippen molar-refractivity contribution < 1.29 is 9.21 Å². The van der Waals surface area contributed by atoms with Gasteiger partial charge in [0.1, 0.15) is 5.76 Å². The van der Waals surface area contributed by atoms with Gasteiger partial charge >= 0.3 is 0 Å². The zero-order chi connectivity index (χ0) is 17.1. The largest absolute Gasteiger partial charge is 0.455 e. The first-order valence-corrected chi connectivity index (χ1v) is 8.54. The average Bonchev–Trinajstić information content (AvgIpc) is 3.10. The van der Waals surface area contributed by atoms with E-state index in [1.54, 1.807) is 12.1 Å². The number of carbonyl (C=O) groups excluding carboxylic acids is 1. The second kappa shape index (κ2) is 7.38. The summed E-state index contributed by atoms with van der Waals surface area (Å²) in [5.74, 6) is 0.923. The maximum atomic E-state index is 12.5. The Balaban J connectivity index is 1.61. The highest BCUT2D eigenvalue weighted by Crippen LogP contribution is 2.28. The number of piperazine rings is 1. The number of hydrogen-bond acceptors (Lipinski definition) is 4. The van der Waals surface area contributed by atoms with Crippen molar-refractivity contribution in [2.75, 3.05) is 26.2 Å². The normalized spacial score (nSPS) is 17.0. The van der Waals surface area contributed by atoms with Crippen molar-refractivity contribution in [3.8, 4) is 0 Å². The van der Waals surface area contributed by atoms with Gasteiger partial charge in [-0.15, -0.1) is 0 Å². The summed E-state index contributed by atoms with van der Waals surface area (Å²) in [5, 5.41) is 0.786. The molecule has 1 aromatic carbocycles. The Labute approximate surface area is 147 Å². The number of benzene rings is 1. The van der Waals surface area contributed by atoms with E-state index in [9.17, 15) is 4.79 Å². The van der Waals surface area contributed by atoms with Gasteiger partial charge in [-0.3, -0.25) is 9.69 Å². The van der Waals surface area contributed by atoms with Gasteiger partial charge in [-0.1, -0.05) is 29.8 Å². The number of furan rings is 1. The van der Waals surface area contributed by atoms with E-state index < -0.39 is 0 Å². The third kappa shape index (κ3) is 3.48. The number of hydrogen-bond donors (Lipinski definition) is 1. The third-order valence-electron chi connectivity index (χ3n) is 4.58. The fourth-order valence-corrected chi connectivity index (χ4v) is 3.37. The number of halogens is 1. The van der Waals surface area contributed by atoms with Crippen LogP contribution in [0.25, 0.3) is 0 Å². The van der Waals surface area contributed by atoms with Crippen LogP contribution in [0.2, 0.25) is 5.02 Å². The molecule has 128 valence electrons. The second-order valence-electron chi connectivity index (χ2n) is 6.00. The van der Waals surface area contributed by atoms with E-state index in [1.807, 2.05) is 23.1 Å². The molecular weight excluding hydrogens is 326 g/mol. The van der Waals surface area contributed by atoms with Crippen molar-refractivity contribution in [1.29, 1.82) is 0 Å². The summed E-state index contributed by atoms with van der Waals surface area (Å²) in [7, 11) is 0. The van der Waals surface area contributed by atoms with Gasteiger partial charge in [0, 0.05) is 37.2 Å². The standard InChI is InChI=1S/C18H22ClN3O2/c1-13(15-4-2-3-5-16(15)19)21-8-10-22(11-9-21)18(23)17-7-6-14(12-20)24-17/h2-7,13H,8-12,20H2,1H3/t13-/m1/s1. The Morgan fingerprint density at radius 3 is 2.54 bits per heavy atom. The summed E-state index contributed by atoms with van der Waals surface area (Å²) in [5.41, 5.74) is 6.65. The summed E-state index contributed by atoms with van der Waals surface area (Å²) in [4.78, 5) is 16.7. The lowest BCUT2D eigenvalue weighted by atomic mass is 10.1. The van der Waals surface area contributed by atoms with Crippen molar-refractivity contribution in [3.63, 3.8) is 0 Å². The van der Waals surface area contributed by atoms with Crippen LogP contribution in [0.3, 0.4) is 0 Å². The second-order valence-corrected chi connectivity index (χ2v) is 6.40. The zero-order valence-corrected chi connectivity index (χ0v) is 14.5. The number of nitrogens with two attached hydrogens (primary N) is 1. The molecule has 24 heavy (non-hydrogen) atoms. The first kappa shape index (κ1) is 17.0. The molecule has 1 aliphatic heterocycles. The van der Waals surface area contributed by atoms with Crippen LogP contribution in [0.5, 0.6) is 0 Å². The molecule has 2 heterocycles. The topological polar surface area (TPSA) is 62.7 Å². The van der Waals surface area contributed by atoms with Crippen LogP contribution < -0.4 is 5.73 Å². The molecule has 1 fully saturated rings. The number of rotatable bonds is 4. The maximum Gasteiger partial charge on any atom is 0.289 e. The van der Waals surface area contributed by atoms with E-state index >= 15 is 0 Å². The third-order valence-corrected chi connectivity index (χ3v) is 4.92. The lowest BCUT2D eigenvalue weighted by Crippen LogP contribution is -2.49. The fourth-order valence-electron chi connectivity index (χ4n) is 3.08. The van der Waals surface area contributed by atoms with Crippen LogP contribution in [-0.4, -0.2) is 41.9 Å². The van der Waals surface area contributed by atoms with Gasteiger partial charge in [0.15, 0.2) is 5.76 Å². The van der Waals surface area contributed by atoms with Gasteiger partial charge in [0.2, 0.25) is 0 Å². The molecule has 5 nitrogen and oxygen atoms in total. The minimum atomic E-state index is -0.0697. The molecule has 0 bridgehead atoms. The van der Waals surface area contributed by atoms with E-state index in [0.29, 0.717) is 31.2 Å². The zero-order valence-electron chi connectivity index (χ0n) is 13.7. The highest BCUT2D eigenvalue weighted by Gasteiger charge is 2.27. The Kier molecular flexibility index (Phi) is 5.23. The summed E-state index contributed by atoms with van der Waals surface area (Å²) in [6.07, 6.45) is 0. The molecule has 1 atom stereocenters. The molecule has 0 spiro atoms. The molecule has 1 aliphatic rings. The van der Waals surface area contributed by atoms with Crippen LogP contribution in [-0.2, 0) is 6.54 Å². The molecule has 0 saturated carbocycles. The molecular formula is C18H22ClN3O2. The molecule has 1 aromatic heterocycles. The van der Waals surface area contributed by atoms with Gasteiger partial charge in [-0.05, 0) is 30.7 Å². The highest BCUT2D eigenvalue weighted by molar-refractivity contribution is 6.31. The van der Waals surface area contributed by atoms with Crippen molar-refractivity contribution in [2.45, 2.75) is 19.5 Å². The number of nitrogens with zero attached hydrogens (tertiary/aromatic N) is 2. The Hall–Kier alpha value is -1.82. The van der Waals surface area contributed by atoms with E-state index in [2.05, 4.69) is 17.9 Å². The Morgan fingerprint density at radius 2 is 1.92 bits per heavy atom. The number of carbonyl (C=O) groups is 1. The van der Waals surface area contributed by atoms with Crippen molar-refractivity contribution in [1.82, 2.24) is 9.80 Å². The molecule has 1 amide bonds. The first-order chi connectivity index (χ1) is 11.6. The monoisotopic (exact) mass is 347 g/mol. The first-order valence-electron chi connectivity index (χ1n) is 8.16. The molecule has 6 heteroatoms. The van der Waals surface area contributed by atoms with Gasteiger partial charge in [0.25, 0.3) is 5.91 Å². The lowest BCUT2D eigenvalue weighted by molar-refractivity contribution is 0.0551. The molecule has 3 rings (SSSR count). The van der Waals surface area contributed by atoms with Gasteiger partial charge in [-0.25, -0.2) is 0 Å². The van der Waals surface area contributed by atoms with Gasteiger partial charge in [0.05, 0.1) is 6.54 Å². The lowest BCUT2D eigenvalue weighted by Gasteiger charge is -2.38. The van der Waals surface area contributed by atoms with Crippen molar-refractivity contribution in [2.24, 2.45) is 5.73 Å².